The van der Waals surface area contributed by atoms with Crippen LogP contribution < -0.4 is 0 Å². The fourth-order valence-electron chi connectivity index (χ4n) is 2.12. The predicted octanol–water partition coefficient (Wildman–Crippen LogP) is 1.11. The third kappa shape index (κ3) is 2.93. The lowest BCUT2D eigenvalue weighted by Crippen LogP contribution is -2.28. The maximum Gasteiger partial charge on any atom is 0.0812 e. The van der Waals surface area contributed by atoms with Gasteiger partial charge in [-0.25, -0.2) is 0 Å². The van der Waals surface area contributed by atoms with Gasteiger partial charge in [0.1, 0.15) is 0 Å². The molecule has 0 radical (unpaired) electrons. The molecule has 2 aliphatic heterocycles. The zero-order chi connectivity index (χ0) is 8.93. The highest BCUT2D eigenvalue weighted by molar-refractivity contribution is 4.65. The van der Waals surface area contributed by atoms with E-state index in [2.05, 4.69) is 9.96 Å². The van der Waals surface area contributed by atoms with E-state index in [4.69, 9.17) is 4.84 Å². The summed E-state index contributed by atoms with van der Waals surface area (Å²) >= 11 is 0. The van der Waals surface area contributed by atoms with Crippen molar-refractivity contribution in [2.45, 2.75) is 25.7 Å². The van der Waals surface area contributed by atoms with Crippen molar-refractivity contribution in [3.63, 3.8) is 0 Å². The first kappa shape index (κ1) is 9.44. The molecule has 13 heavy (non-hydrogen) atoms. The lowest BCUT2D eigenvalue weighted by atomic mass is 10.4. The molecule has 0 unspecified atom stereocenters. The highest BCUT2D eigenvalue weighted by Crippen LogP contribution is 2.09. The SMILES string of the molecule is C1CCN(CCON2CCCC2)C1. The molecular formula is C10H20N2O. The van der Waals surface area contributed by atoms with Crippen LogP contribution in [0.2, 0.25) is 0 Å². The lowest BCUT2D eigenvalue weighted by molar-refractivity contribution is -0.145. The fraction of sp³-hybridized carbons (Fsp3) is 1.00. The Labute approximate surface area is 80.6 Å². The maximum atomic E-state index is 5.66. The van der Waals surface area contributed by atoms with Gasteiger partial charge in [0.25, 0.3) is 0 Å². The van der Waals surface area contributed by atoms with Gasteiger partial charge in [-0.1, -0.05) is 0 Å². The van der Waals surface area contributed by atoms with Crippen molar-refractivity contribution in [2.24, 2.45) is 0 Å². The summed E-state index contributed by atoms with van der Waals surface area (Å²) in [6.45, 7) is 6.85. The van der Waals surface area contributed by atoms with Crippen LogP contribution in [0.4, 0.5) is 0 Å². The van der Waals surface area contributed by atoms with Crippen LogP contribution in [-0.4, -0.2) is 49.3 Å². The topological polar surface area (TPSA) is 15.7 Å². The van der Waals surface area contributed by atoms with Crippen LogP contribution in [0, 0.1) is 0 Å². The van der Waals surface area contributed by atoms with E-state index >= 15 is 0 Å². The Bertz CT molecular complexity index is 124. The molecule has 3 heteroatoms. The number of hydrogen-bond donors (Lipinski definition) is 0. The summed E-state index contributed by atoms with van der Waals surface area (Å²) in [4.78, 5) is 8.15. The van der Waals surface area contributed by atoms with E-state index < -0.39 is 0 Å². The second kappa shape index (κ2) is 4.94. The monoisotopic (exact) mass is 184 g/mol. The molecule has 2 saturated heterocycles. The molecule has 0 amide bonds. The summed E-state index contributed by atoms with van der Waals surface area (Å²) in [5.74, 6) is 0. The Morgan fingerprint density at radius 1 is 0.846 bits per heavy atom. The van der Waals surface area contributed by atoms with E-state index in [1.807, 2.05) is 0 Å². The van der Waals surface area contributed by atoms with Gasteiger partial charge in [0.15, 0.2) is 0 Å². The zero-order valence-electron chi connectivity index (χ0n) is 8.37. The molecule has 0 aromatic carbocycles. The number of hydroxylamine groups is 2. The van der Waals surface area contributed by atoms with Gasteiger partial charge in [-0.2, -0.15) is 5.06 Å². The molecule has 0 N–H and O–H groups in total. The van der Waals surface area contributed by atoms with Crippen LogP contribution in [0.25, 0.3) is 0 Å². The molecule has 0 atom stereocenters. The molecule has 0 spiro atoms. The van der Waals surface area contributed by atoms with Gasteiger partial charge in [0.2, 0.25) is 0 Å². The molecule has 0 bridgehead atoms. The second-order valence-corrected chi connectivity index (χ2v) is 4.02. The fourth-order valence-corrected chi connectivity index (χ4v) is 2.12. The Morgan fingerprint density at radius 3 is 2.15 bits per heavy atom. The minimum Gasteiger partial charge on any atom is -0.301 e. The zero-order valence-corrected chi connectivity index (χ0v) is 8.37. The first-order chi connectivity index (χ1) is 6.45. The molecule has 2 aliphatic rings. The molecule has 0 aliphatic carbocycles. The van der Waals surface area contributed by atoms with Crippen LogP contribution in [0.1, 0.15) is 25.7 Å². The molecule has 2 fully saturated rings. The molecule has 3 nitrogen and oxygen atoms in total. The number of nitrogens with zero attached hydrogens (tertiary/aromatic N) is 2. The van der Waals surface area contributed by atoms with Crippen molar-refractivity contribution in [2.75, 3.05) is 39.3 Å². The Balaban J connectivity index is 1.52. The van der Waals surface area contributed by atoms with Crippen molar-refractivity contribution in [3.8, 4) is 0 Å². The quantitative estimate of drug-likeness (QED) is 0.651. The van der Waals surface area contributed by atoms with Crippen LogP contribution in [0.15, 0.2) is 0 Å². The summed E-state index contributed by atoms with van der Waals surface area (Å²) in [5.41, 5.74) is 0. The summed E-state index contributed by atoms with van der Waals surface area (Å²) in [5, 5.41) is 2.12. The van der Waals surface area contributed by atoms with Crippen molar-refractivity contribution in [1.82, 2.24) is 9.96 Å². The molecule has 76 valence electrons. The largest absolute Gasteiger partial charge is 0.301 e. The van der Waals surface area contributed by atoms with Crippen molar-refractivity contribution >= 4 is 0 Å². The van der Waals surface area contributed by atoms with Gasteiger partial charge in [-0.05, 0) is 38.8 Å². The average molecular weight is 184 g/mol. The normalized spacial score (nSPS) is 25.8. The first-order valence-electron chi connectivity index (χ1n) is 5.55. The van der Waals surface area contributed by atoms with Crippen molar-refractivity contribution in [3.05, 3.63) is 0 Å². The van der Waals surface area contributed by atoms with Gasteiger partial charge in [-0.15, -0.1) is 0 Å². The van der Waals surface area contributed by atoms with Crippen molar-refractivity contribution < 1.29 is 4.84 Å². The first-order valence-corrected chi connectivity index (χ1v) is 5.55. The van der Waals surface area contributed by atoms with E-state index in [9.17, 15) is 0 Å². The molecule has 0 aromatic rings. The van der Waals surface area contributed by atoms with E-state index in [0.717, 1.165) is 26.2 Å². The summed E-state index contributed by atoms with van der Waals surface area (Å²) < 4.78 is 0. The molecular weight excluding hydrogens is 164 g/mol. The molecule has 0 aromatic heterocycles. The molecule has 0 saturated carbocycles. The number of likely N-dealkylation sites (tertiary alicyclic amines) is 1. The standard InChI is InChI=1S/C10H20N2O/c1-2-6-11(5-1)9-10-13-12-7-3-4-8-12/h1-10H2. The highest BCUT2D eigenvalue weighted by atomic mass is 16.7. The van der Waals surface area contributed by atoms with Crippen LogP contribution in [0.3, 0.4) is 0 Å². The maximum absolute atomic E-state index is 5.66. The Morgan fingerprint density at radius 2 is 1.46 bits per heavy atom. The molecule has 2 rings (SSSR count). The van der Waals surface area contributed by atoms with E-state index in [1.54, 1.807) is 0 Å². The second-order valence-electron chi connectivity index (χ2n) is 4.02. The minimum atomic E-state index is 0.889. The third-order valence-corrected chi connectivity index (χ3v) is 2.95. The Kier molecular flexibility index (Phi) is 3.58. The van der Waals surface area contributed by atoms with Gasteiger partial charge < -0.3 is 4.90 Å². The number of hydrogen-bond acceptors (Lipinski definition) is 3. The predicted molar refractivity (Wildman–Crippen MR) is 52.4 cm³/mol. The van der Waals surface area contributed by atoms with Crippen LogP contribution in [0.5, 0.6) is 0 Å². The number of rotatable bonds is 4. The lowest BCUT2D eigenvalue weighted by Gasteiger charge is -2.18. The average Bonchev–Trinajstić information content (AvgIpc) is 2.75. The van der Waals surface area contributed by atoms with Crippen molar-refractivity contribution in [1.29, 1.82) is 0 Å². The van der Waals surface area contributed by atoms with Gasteiger partial charge in [-0.3, -0.25) is 4.84 Å². The highest BCUT2D eigenvalue weighted by Gasteiger charge is 2.14. The Hall–Kier alpha value is -0.120. The third-order valence-electron chi connectivity index (χ3n) is 2.95. The summed E-state index contributed by atoms with van der Waals surface area (Å²) in [6.07, 6.45) is 5.38. The van der Waals surface area contributed by atoms with E-state index in [0.29, 0.717) is 0 Å². The van der Waals surface area contributed by atoms with Crippen LogP contribution in [-0.2, 0) is 4.84 Å². The molecule has 2 heterocycles. The van der Waals surface area contributed by atoms with E-state index in [1.165, 1.54) is 38.8 Å². The summed E-state index contributed by atoms with van der Waals surface area (Å²) in [6, 6.07) is 0. The van der Waals surface area contributed by atoms with Crippen LogP contribution >= 0.6 is 0 Å². The van der Waals surface area contributed by atoms with Gasteiger partial charge in [0.05, 0.1) is 6.61 Å². The minimum absolute atomic E-state index is 0.889. The van der Waals surface area contributed by atoms with Gasteiger partial charge >= 0.3 is 0 Å². The smallest absolute Gasteiger partial charge is 0.0812 e. The van der Waals surface area contributed by atoms with E-state index in [-0.39, 0.29) is 0 Å². The summed E-state index contributed by atoms with van der Waals surface area (Å²) in [7, 11) is 0. The van der Waals surface area contributed by atoms with Gasteiger partial charge in [0, 0.05) is 19.6 Å².